The standard InChI is InChI=1S/C23H23N5O2/c1-24-22(30)23(8-13-28(16-23)21(29)20-15-26-11-12-27-20)14-18-4-2-3-5-19(18)17-6-9-25-10-7-17/h2-7,9-12,15H,8,13-14,16H2,1H3,(H,24,30)/t23-/m1/s1. The van der Waals surface area contributed by atoms with Gasteiger partial charge in [0, 0.05) is 44.9 Å². The van der Waals surface area contributed by atoms with Crippen molar-refractivity contribution in [2.24, 2.45) is 5.41 Å². The lowest BCUT2D eigenvalue weighted by atomic mass is 9.78. The summed E-state index contributed by atoms with van der Waals surface area (Å²) in [7, 11) is 1.64. The number of aromatic nitrogens is 3. The lowest BCUT2D eigenvalue weighted by Gasteiger charge is -2.28. The second-order valence-corrected chi connectivity index (χ2v) is 7.50. The lowest BCUT2D eigenvalue weighted by Crippen LogP contribution is -2.44. The van der Waals surface area contributed by atoms with E-state index in [0.717, 1.165) is 16.7 Å². The number of rotatable bonds is 5. The number of nitrogens with one attached hydrogen (secondary N) is 1. The predicted molar refractivity (Wildman–Crippen MR) is 112 cm³/mol. The van der Waals surface area contributed by atoms with Crippen LogP contribution >= 0.6 is 0 Å². The quantitative estimate of drug-likeness (QED) is 0.709. The first-order valence-electron chi connectivity index (χ1n) is 9.89. The van der Waals surface area contributed by atoms with E-state index in [-0.39, 0.29) is 11.8 Å². The number of amides is 2. The molecule has 0 spiro atoms. The minimum absolute atomic E-state index is 0.0542. The highest BCUT2D eigenvalue weighted by Gasteiger charge is 2.46. The molecule has 30 heavy (non-hydrogen) atoms. The van der Waals surface area contributed by atoms with Crippen molar-refractivity contribution >= 4 is 11.8 Å². The van der Waals surface area contributed by atoms with Gasteiger partial charge in [-0.25, -0.2) is 4.98 Å². The van der Waals surface area contributed by atoms with Crippen molar-refractivity contribution in [3.63, 3.8) is 0 Å². The first-order valence-corrected chi connectivity index (χ1v) is 9.89. The van der Waals surface area contributed by atoms with Crippen molar-refractivity contribution < 1.29 is 9.59 Å². The molecule has 7 heteroatoms. The van der Waals surface area contributed by atoms with Gasteiger partial charge in [-0.15, -0.1) is 0 Å². The Kier molecular flexibility index (Phi) is 5.52. The molecule has 1 fully saturated rings. The molecule has 0 bridgehead atoms. The van der Waals surface area contributed by atoms with Crippen LogP contribution in [0.4, 0.5) is 0 Å². The zero-order valence-corrected chi connectivity index (χ0v) is 16.8. The number of hydrogen-bond donors (Lipinski definition) is 1. The minimum Gasteiger partial charge on any atom is -0.359 e. The van der Waals surface area contributed by atoms with E-state index >= 15 is 0 Å². The molecule has 1 atom stereocenters. The van der Waals surface area contributed by atoms with Crippen molar-refractivity contribution in [1.82, 2.24) is 25.2 Å². The number of pyridine rings is 1. The molecule has 0 aliphatic carbocycles. The number of likely N-dealkylation sites (tertiary alicyclic amines) is 1. The lowest BCUT2D eigenvalue weighted by molar-refractivity contribution is -0.129. The van der Waals surface area contributed by atoms with E-state index in [1.807, 2.05) is 30.3 Å². The van der Waals surface area contributed by atoms with Crippen molar-refractivity contribution in [2.75, 3.05) is 20.1 Å². The van der Waals surface area contributed by atoms with E-state index in [9.17, 15) is 9.59 Å². The summed E-state index contributed by atoms with van der Waals surface area (Å²) in [4.78, 5) is 39.8. The van der Waals surface area contributed by atoms with Crippen molar-refractivity contribution in [1.29, 1.82) is 0 Å². The fourth-order valence-corrected chi connectivity index (χ4v) is 4.14. The van der Waals surface area contributed by atoms with Crippen LogP contribution in [0.25, 0.3) is 11.1 Å². The van der Waals surface area contributed by atoms with Crippen LogP contribution in [0, 0.1) is 5.41 Å². The van der Waals surface area contributed by atoms with Crippen LogP contribution < -0.4 is 5.32 Å². The molecule has 0 unspecified atom stereocenters. The van der Waals surface area contributed by atoms with Crippen LogP contribution in [-0.2, 0) is 11.2 Å². The Morgan fingerprint density at radius 2 is 1.87 bits per heavy atom. The molecular formula is C23H23N5O2. The van der Waals surface area contributed by atoms with Gasteiger partial charge in [-0.05, 0) is 41.7 Å². The molecule has 3 heterocycles. The van der Waals surface area contributed by atoms with E-state index in [0.29, 0.717) is 31.6 Å². The topological polar surface area (TPSA) is 88.1 Å². The SMILES string of the molecule is CNC(=O)[C@@]1(Cc2ccccc2-c2ccncc2)CCN(C(=O)c2cnccn2)C1. The molecule has 2 aromatic heterocycles. The Bertz CT molecular complexity index is 1040. The van der Waals surface area contributed by atoms with Crippen LogP contribution in [0.2, 0.25) is 0 Å². The predicted octanol–water partition coefficient (Wildman–Crippen LogP) is 2.36. The zero-order valence-electron chi connectivity index (χ0n) is 16.8. The summed E-state index contributed by atoms with van der Waals surface area (Å²) < 4.78 is 0. The summed E-state index contributed by atoms with van der Waals surface area (Å²) in [5.74, 6) is -0.252. The van der Waals surface area contributed by atoms with E-state index < -0.39 is 5.41 Å². The summed E-state index contributed by atoms with van der Waals surface area (Å²) in [5, 5.41) is 2.81. The molecule has 152 valence electrons. The first kappa shape index (κ1) is 19.7. The largest absolute Gasteiger partial charge is 0.359 e. The van der Waals surface area contributed by atoms with Crippen molar-refractivity contribution in [3.05, 3.63) is 78.6 Å². The molecule has 2 amide bonds. The number of nitrogens with zero attached hydrogens (tertiary/aromatic N) is 4. The van der Waals surface area contributed by atoms with Gasteiger partial charge in [0.25, 0.3) is 5.91 Å². The van der Waals surface area contributed by atoms with Crippen LogP contribution in [0.15, 0.2) is 67.4 Å². The molecule has 1 aliphatic rings. The third-order valence-corrected chi connectivity index (χ3v) is 5.67. The van der Waals surface area contributed by atoms with Crippen LogP contribution in [0.1, 0.15) is 22.5 Å². The van der Waals surface area contributed by atoms with Gasteiger partial charge in [-0.2, -0.15) is 0 Å². The van der Waals surface area contributed by atoms with Gasteiger partial charge < -0.3 is 10.2 Å². The average Bonchev–Trinajstić information content (AvgIpc) is 3.24. The van der Waals surface area contributed by atoms with Gasteiger partial charge in [0.2, 0.25) is 5.91 Å². The number of carbonyl (C=O) groups excluding carboxylic acids is 2. The molecule has 7 nitrogen and oxygen atoms in total. The maximum absolute atomic E-state index is 13.0. The third-order valence-electron chi connectivity index (χ3n) is 5.67. The van der Waals surface area contributed by atoms with Crippen LogP contribution in [-0.4, -0.2) is 51.8 Å². The normalized spacial score (nSPS) is 18.2. The first-order chi connectivity index (χ1) is 14.6. The minimum atomic E-state index is -0.699. The fourth-order valence-electron chi connectivity index (χ4n) is 4.14. The third kappa shape index (κ3) is 3.78. The van der Waals surface area contributed by atoms with Gasteiger partial charge in [0.15, 0.2) is 0 Å². The Morgan fingerprint density at radius 3 is 2.60 bits per heavy atom. The summed E-state index contributed by atoms with van der Waals surface area (Å²) in [6.07, 6.45) is 9.14. The smallest absolute Gasteiger partial charge is 0.274 e. The second-order valence-electron chi connectivity index (χ2n) is 7.50. The van der Waals surface area contributed by atoms with Gasteiger partial charge in [-0.1, -0.05) is 24.3 Å². The van der Waals surface area contributed by atoms with Gasteiger partial charge in [0.05, 0.1) is 11.6 Å². The number of benzene rings is 1. The Hall–Kier alpha value is -3.61. The average molecular weight is 401 g/mol. The van der Waals surface area contributed by atoms with E-state index in [1.54, 1.807) is 24.3 Å². The Balaban J connectivity index is 1.64. The van der Waals surface area contributed by atoms with E-state index in [4.69, 9.17) is 0 Å². The Labute approximate surface area is 175 Å². The maximum Gasteiger partial charge on any atom is 0.274 e. The van der Waals surface area contributed by atoms with Gasteiger partial charge in [0.1, 0.15) is 5.69 Å². The summed E-state index contributed by atoms with van der Waals surface area (Å²) in [5.41, 5.74) is 2.79. The molecule has 1 aliphatic heterocycles. The molecule has 1 saturated heterocycles. The van der Waals surface area contributed by atoms with Crippen LogP contribution in [0.3, 0.4) is 0 Å². The number of carbonyl (C=O) groups is 2. The molecule has 1 N–H and O–H groups in total. The molecule has 1 aromatic carbocycles. The monoisotopic (exact) mass is 401 g/mol. The van der Waals surface area contributed by atoms with E-state index in [1.165, 1.54) is 18.6 Å². The Morgan fingerprint density at radius 1 is 1.07 bits per heavy atom. The van der Waals surface area contributed by atoms with Crippen molar-refractivity contribution in [3.8, 4) is 11.1 Å². The van der Waals surface area contributed by atoms with Crippen molar-refractivity contribution in [2.45, 2.75) is 12.8 Å². The highest BCUT2D eigenvalue weighted by Crippen LogP contribution is 2.37. The highest BCUT2D eigenvalue weighted by molar-refractivity contribution is 5.93. The molecule has 3 aromatic rings. The van der Waals surface area contributed by atoms with Gasteiger partial charge in [-0.3, -0.25) is 19.6 Å². The fraction of sp³-hybridized carbons (Fsp3) is 0.261. The van der Waals surface area contributed by atoms with Crippen LogP contribution in [0.5, 0.6) is 0 Å². The summed E-state index contributed by atoms with van der Waals surface area (Å²) in [6, 6.07) is 12.0. The van der Waals surface area contributed by atoms with E-state index in [2.05, 4.69) is 26.3 Å². The molecule has 0 saturated carbocycles. The maximum atomic E-state index is 13.0. The summed E-state index contributed by atoms with van der Waals surface area (Å²) >= 11 is 0. The molecule has 0 radical (unpaired) electrons. The molecular weight excluding hydrogens is 378 g/mol. The second kappa shape index (κ2) is 8.41. The highest BCUT2D eigenvalue weighted by atomic mass is 16.2. The number of hydrogen-bond acceptors (Lipinski definition) is 5. The van der Waals surface area contributed by atoms with Gasteiger partial charge >= 0.3 is 0 Å². The summed E-state index contributed by atoms with van der Waals surface area (Å²) in [6.45, 7) is 0.840. The molecule has 4 rings (SSSR count). The zero-order chi connectivity index (χ0) is 21.0.